The first kappa shape index (κ1) is 11.9. The van der Waals surface area contributed by atoms with Crippen LogP contribution in [0, 0.1) is 17.2 Å². The van der Waals surface area contributed by atoms with Crippen molar-refractivity contribution in [1.29, 1.82) is 5.26 Å². The van der Waals surface area contributed by atoms with Gasteiger partial charge in [0.15, 0.2) is 0 Å². The lowest BCUT2D eigenvalue weighted by atomic mass is 10.1. The third-order valence-electron chi connectivity index (χ3n) is 2.65. The van der Waals surface area contributed by atoms with Gasteiger partial charge in [-0.3, -0.25) is 4.79 Å². The van der Waals surface area contributed by atoms with Gasteiger partial charge in [0, 0.05) is 18.8 Å². The highest BCUT2D eigenvalue weighted by atomic mass is 19.3. The first-order valence-electron chi connectivity index (χ1n) is 5.06. The Labute approximate surface area is 87.5 Å². The minimum atomic E-state index is -2.71. The molecule has 1 unspecified atom stereocenters. The predicted octanol–water partition coefficient (Wildman–Crippen LogP) is 1.84. The fourth-order valence-corrected chi connectivity index (χ4v) is 1.69. The zero-order valence-corrected chi connectivity index (χ0v) is 8.59. The number of amides is 1. The van der Waals surface area contributed by atoms with Crippen LogP contribution in [-0.4, -0.2) is 17.9 Å². The van der Waals surface area contributed by atoms with Crippen molar-refractivity contribution in [3.63, 3.8) is 0 Å². The molecule has 0 saturated heterocycles. The molecule has 3 nitrogen and oxygen atoms in total. The normalized spacial score (nSPS) is 25.6. The van der Waals surface area contributed by atoms with Gasteiger partial charge in [0.05, 0.1) is 6.07 Å². The van der Waals surface area contributed by atoms with E-state index in [1.807, 2.05) is 6.07 Å². The average Bonchev–Trinajstić information content (AvgIpc) is 2.55. The Morgan fingerprint density at radius 3 is 2.80 bits per heavy atom. The van der Waals surface area contributed by atoms with Crippen molar-refractivity contribution >= 4 is 5.91 Å². The number of nitrogens with zero attached hydrogens (tertiary/aromatic N) is 1. The first-order chi connectivity index (χ1) is 6.98. The zero-order chi connectivity index (χ0) is 11.5. The number of hydrogen-bond donors (Lipinski definition) is 1. The Kier molecular flexibility index (Phi) is 3.61. The number of nitrogens with one attached hydrogen (secondary N) is 1. The molecule has 1 N–H and O–H groups in total. The lowest BCUT2D eigenvalue weighted by Crippen LogP contribution is -2.37. The maximum Gasteiger partial charge on any atom is 0.248 e. The van der Waals surface area contributed by atoms with E-state index in [9.17, 15) is 13.6 Å². The molecular weight excluding hydrogens is 202 g/mol. The Hall–Kier alpha value is -1.18. The number of nitriles is 1. The van der Waals surface area contributed by atoms with Crippen LogP contribution in [0.5, 0.6) is 0 Å². The van der Waals surface area contributed by atoms with Crippen LogP contribution in [0.3, 0.4) is 0 Å². The van der Waals surface area contributed by atoms with E-state index in [1.165, 1.54) is 0 Å². The summed E-state index contributed by atoms with van der Waals surface area (Å²) in [5.41, 5.74) is 0. The Morgan fingerprint density at radius 1 is 1.73 bits per heavy atom. The van der Waals surface area contributed by atoms with Crippen molar-refractivity contribution in [2.45, 2.75) is 44.6 Å². The third-order valence-corrected chi connectivity index (χ3v) is 2.65. The summed E-state index contributed by atoms with van der Waals surface area (Å²) in [6, 6.07) is 1.34. The van der Waals surface area contributed by atoms with E-state index in [0.29, 0.717) is 6.42 Å². The smallest absolute Gasteiger partial charge is 0.248 e. The summed E-state index contributed by atoms with van der Waals surface area (Å²) < 4.78 is 25.6. The molecular formula is C10H14F2N2O. The second-order valence-electron chi connectivity index (χ2n) is 3.89. The minimum Gasteiger partial charge on any atom is -0.340 e. The van der Waals surface area contributed by atoms with Crippen LogP contribution in [0.2, 0.25) is 0 Å². The summed E-state index contributed by atoms with van der Waals surface area (Å²) in [5.74, 6) is -3.76. The maximum absolute atomic E-state index is 12.8. The molecule has 1 rings (SSSR count). The summed E-state index contributed by atoms with van der Waals surface area (Å²) in [6.07, 6.45) is 0.0845. The quantitative estimate of drug-likeness (QED) is 0.782. The van der Waals surface area contributed by atoms with Gasteiger partial charge in [-0.15, -0.1) is 0 Å². The lowest BCUT2D eigenvalue weighted by Gasteiger charge is -2.13. The summed E-state index contributed by atoms with van der Waals surface area (Å²) in [6.45, 7) is 1.76. The number of alkyl halides is 2. The summed E-state index contributed by atoms with van der Waals surface area (Å²) in [5, 5.41) is 11.1. The number of carbonyl (C=O) groups excluding carboxylic acids is 1. The van der Waals surface area contributed by atoms with Crippen molar-refractivity contribution in [1.82, 2.24) is 5.32 Å². The summed E-state index contributed by atoms with van der Waals surface area (Å²) in [4.78, 5) is 11.5. The highest BCUT2D eigenvalue weighted by molar-refractivity contribution is 5.79. The maximum atomic E-state index is 12.8. The van der Waals surface area contributed by atoms with Gasteiger partial charge in [0.2, 0.25) is 11.8 Å². The van der Waals surface area contributed by atoms with E-state index in [-0.39, 0.29) is 19.3 Å². The molecule has 0 aromatic heterocycles. The Morgan fingerprint density at radius 2 is 2.40 bits per heavy atom. The van der Waals surface area contributed by atoms with Crippen LogP contribution in [0.25, 0.3) is 0 Å². The Balaban J connectivity index is 2.46. The minimum absolute atomic E-state index is 0.209. The van der Waals surface area contributed by atoms with E-state index in [0.717, 1.165) is 0 Å². The average molecular weight is 216 g/mol. The molecule has 15 heavy (non-hydrogen) atoms. The molecule has 1 aliphatic carbocycles. The largest absolute Gasteiger partial charge is 0.340 e. The van der Waals surface area contributed by atoms with Crippen LogP contribution in [0.4, 0.5) is 8.78 Å². The van der Waals surface area contributed by atoms with E-state index in [4.69, 9.17) is 5.26 Å². The van der Waals surface area contributed by atoms with Crippen LogP contribution in [0.1, 0.15) is 32.6 Å². The first-order valence-corrected chi connectivity index (χ1v) is 5.06. The Bertz CT molecular complexity index is 286. The molecule has 1 saturated carbocycles. The van der Waals surface area contributed by atoms with Crippen molar-refractivity contribution in [3.8, 4) is 6.07 Å². The second-order valence-corrected chi connectivity index (χ2v) is 3.89. The molecule has 0 bridgehead atoms. The van der Waals surface area contributed by atoms with E-state index >= 15 is 0 Å². The van der Waals surface area contributed by atoms with Crippen LogP contribution in [0.15, 0.2) is 0 Å². The molecule has 0 aromatic rings. The third kappa shape index (κ3) is 3.15. The molecule has 0 radical (unpaired) electrons. The van der Waals surface area contributed by atoms with Crippen molar-refractivity contribution in [2.75, 3.05) is 0 Å². The van der Waals surface area contributed by atoms with Gasteiger partial charge in [0.25, 0.3) is 0 Å². The number of hydrogen-bond acceptors (Lipinski definition) is 2. The van der Waals surface area contributed by atoms with Crippen LogP contribution in [-0.2, 0) is 4.79 Å². The zero-order valence-electron chi connectivity index (χ0n) is 8.59. The molecule has 0 aliphatic heterocycles. The van der Waals surface area contributed by atoms with Gasteiger partial charge >= 0.3 is 0 Å². The highest BCUT2D eigenvalue weighted by Crippen LogP contribution is 2.38. The van der Waals surface area contributed by atoms with Crippen molar-refractivity contribution in [3.05, 3.63) is 0 Å². The molecule has 0 heterocycles. The van der Waals surface area contributed by atoms with Crippen molar-refractivity contribution < 1.29 is 13.6 Å². The predicted molar refractivity (Wildman–Crippen MR) is 50.1 cm³/mol. The lowest BCUT2D eigenvalue weighted by molar-refractivity contribution is -0.126. The summed E-state index contributed by atoms with van der Waals surface area (Å²) >= 11 is 0. The van der Waals surface area contributed by atoms with E-state index in [1.54, 1.807) is 6.92 Å². The number of halogens is 2. The van der Waals surface area contributed by atoms with Crippen molar-refractivity contribution in [2.24, 2.45) is 5.92 Å². The molecule has 1 fully saturated rings. The van der Waals surface area contributed by atoms with Gasteiger partial charge in [-0.05, 0) is 12.8 Å². The topological polar surface area (TPSA) is 52.9 Å². The molecule has 0 aromatic carbocycles. The molecule has 5 heteroatoms. The SMILES string of the molecule is CC[C@H](C#N)NC(=O)C1CCC(F)(F)C1. The van der Waals surface area contributed by atoms with E-state index in [2.05, 4.69) is 5.32 Å². The molecule has 1 amide bonds. The van der Waals surface area contributed by atoms with Crippen LogP contribution < -0.4 is 5.32 Å². The van der Waals surface area contributed by atoms with Gasteiger partial charge in [-0.2, -0.15) is 5.26 Å². The molecule has 0 spiro atoms. The van der Waals surface area contributed by atoms with Gasteiger partial charge in [0.1, 0.15) is 6.04 Å². The molecule has 2 atom stereocenters. The highest BCUT2D eigenvalue weighted by Gasteiger charge is 2.42. The van der Waals surface area contributed by atoms with Gasteiger partial charge < -0.3 is 5.32 Å². The fourth-order valence-electron chi connectivity index (χ4n) is 1.69. The standard InChI is InChI=1S/C10H14F2N2O/c1-2-8(6-13)14-9(15)7-3-4-10(11,12)5-7/h7-8H,2-5H2,1H3,(H,14,15)/t7?,8-/m1/s1. The van der Waals surface area contributed by atoms with Gasteiger partial charge in [-0.25, -0.2) is 8.78 Å². The number of carbonyl (C=O) groups is 1. The molecule has 1 aliphatic rings. The van der Waals surface area contributed by atoms with Gasteiger partial charge in [-0.1, -0.05) is 6.92 Å². The van der Waals surface area contributed by atoms with E-state index < -0.39 is 23.8 Å². The second kappa shape index (κ2) is 4.56. The van der Waals surface area contributed by atoms with Crippen LogP contribution >= 0.6 is 0 Å². The summed E-state index contributed by atoms with van der Waals surface area (Å²) in [7, 11) is 0. The molecule has 84 valence electrons. The number of rotatable bonds is 3. The fraction of sp³-hybridized carbons (Fsp3) is 0.800. The monoisotopic (exact) mass is 216 g/mol.